The highest BCUT2D eigenvalue weighted by molar-refractivity contribution is 5.83. The third-order valence-electron chi connectivity index (χ3n) is 5.25. The Balaban J connectivity index is 1.72. The van der Waals surface area contributed by atoms with Crippen LogP contribution in [0.1, 0.15) is 47.3 Å². The van der Waals surface area contributed by atoms with Crippen LogP contribution >= 0.6 is 0 Å². The number of aromatic amines is 1. The average molecular weight is 420 g/mol. The molecular weight excluding hydrogens is 397 g/mol. The summed E-state index contributed by atoms with van der Waals surface area (Å²) in [6, 6.07) is 4.27. The van der Waals surface area contributed by atoms with Gasteiger partial charge in [-0.1, -0.05) is 12.1 Å². The van der Waals surface area contributed by atoms with Gasteiger partial charge in [0.15, 0.2) is 0 Å². The van der Waals surface area contributed by atoms with Crippen molar-refractivity contribution in [2.45, 2.75) is 45.8 Å². The van der Waals surface area contributed by atoms with Crippen molar-refractivity contribution in [2.75, 3.05) is 0 Å². The lowest BCUT2D eigenvalue weighted by molar-refractivity contribution is -0.137. The molecule has 0 aliphatic carbocycles. The minimum Gasteiger partial charge on any atom is -0.350 e. The van der Waals surface area contributed by atoms with Crippen LogP contribution in [0.5, 0.6) is 0 Å². The molecule has 3 rings (SSSR count). The zero-order chi connectivity index (χ0) is 22.2. The molecule has 0 fully saturated rings. The second kappa shape index (κ2) is 7.97. The van der Waals surface area contributed by atoms with Crippen LogP contribution in [-0.4, -0.2) is 20.7 Å². The standard InChI is InChI=1S/C21H23F3N4O2/c1-11-16(20(30)26-19-18(11)13(3)27-28(19)4)8-9-17(29)25-12(2)14-6-5-7-15(10-14)21(22,23)24/h5-7,10,12H,8-9H2,1-4H3,(H,25,29)(H,26,30). The lowest BCUT2D eigenvalue weighted by atomic mass is 10.0. The molecule has 0 aliphatic heterocycles. The minimum atomic E-state index is -4.44. The summed E-state index contributed by atoms with van der Waals surface area (Å²) < 4.78 is 40.3. The van der Waals surface area contributed by atoms with Gasteiger partial charge < -0.3 is 10.3 Å². The van der Waals surface area contributed by atoms with Crippen molar-refractivity contribution in [2.24, 2.45) is 7.05 Å². The Labute approximate surface area is 171 Å². The number of halogens is 3. The molecule has 1 aromatic carbocycles. The number of pyridine rings is 1. The van der Waals surface area contributed by atoms with Gasteiger partial charge in [0.2, 0.25) is 5.91 Å². The lowest BCUT2D eigenvalue weighted by Crippen LogP contribution is -2.28. The third kappa shape index (κ3) is 4.24. The van der Waals surface area contributed by atoms with Gasteiger partial charge in [-0.3, -0.25) is 14.3 Å². The van der Waals surface area contributed by atoms with Gasteiger partial charge in [0.05, 0.1) is 17.3 Å². The number of carbonyl (C=O) groups is 1. The van der Waals surface area contributed by atoms with Crippen molar-refractivity contribution in [1.29, 1.82) is 0 Å². The summed E-state index contributed by atoms with van der Waals surface area (Å²) in [5.74, 6) is -0.346. The van der Waals surface area contributed by atoms with E-state index in [9.17, 15) is 22.8 Å². The van der Waals surface area contributed by atoms with E-state index in [4.69, 9.17) is 0 Å². The van der Waals surface area contributed by atoms with E-state index in [1.54, 1.807) is 18.7 Å². The fourth-order valence-electron chi connectivity index (χ4n) is 3.68. The Morgan fingerprint density at radius 3 is 2.67 bits per heavy atom. The normalized spacial score (nSPS) is 12.9. The molecule has 1 unspecified atom stereocenters. The maximum atomic E-state index is 12.9. The van der Waals surface area contributed by atoms with E-state index in [1.807, 2.05) is 13.8 Å². The summed E-state index contributed by atoms with van der Waals surface area (Å²) in [4.78, 5) is 27.7. The highest BCUT2D eigenvalue weighted by Crippen LogP contribution is 2.30. The first kappa shape index (κ1) is 21.6. The SMILES string of the molecule is Cc1nn(C)c2[nH]c(=O)c(CCC(=O)NC(C)c3cccc(C(F)(F)F)c3)c(C)c12. The molecule has 0 saturated carbocycles. The van der Waals surface area contributed by atoms with Crippen molar-refractivity contribution in [3.05, 3.63) is 62.6 Å². The largest absolute Gasteiger partial charge is 0.416 e. The number of alkyl halides is 3. The van der Waals surface area contributed by atoms with Gasteiger partial charge in [0.1, 0.15) is 5.65 Å². The van der Waals surface area contributed by atoms with Gasteiger partial charge in [0, 0.05) is 24.4 Å². The van der Waals surface area contributed by atoms with Crippen LogP contribution in [0.15, 0.2) is 29.1 Å². The molecule has 6 nitrogen and oxygen atoms in total. The van der Waals surface area contributed by atoms with E-state index < -0.39 is 17.8 Å². The second-order valence-electron chi connectivity index (χ2n) is 7.40. The molecule has 2 heterocycles. The van der Waals surface area contributed by atoms with Gasteiger partial charge in [-0.15, -0.1) is 0 Å². The van der Waals surface area contributed by atoms with Crippen LogP contribution in [0.4, 0.5) is 13.2 Å². The Morgan fingerprint density at radius 2 is 2.00 bits per heavy atom. The second-order valence-corrected chi connectivity index (χ2v) is 7.40. The molecule has 0 spiro atoms. The Kier molecular flexibility index (Phi) is 5.74. The number of benzene rings is 1. The lowest BCUT2D eigenvalue weighted by Gasteiger charge is -2.16. The van der Waals surface area contributed by atoms with Gasteiger partial charge in [-0.05, 0) is 50.5 Å². The number of aromatic nitrogens is 3. The highest BCUT2D eigenvalue weighted by atomic mass is 19.4. The van der Waals surface area contributed by atoms with E-state index in [0.29, 0.717) is 16.8 Å². The van der Waals surface area contributed by atoms with Crippen molar-refractivity contribution >= 4 is 16.9 Å². The summed E-state index contributed by atoms with van der Waals surface area (Å²) in [5.41, 5.74) is 2.01. The number of H-pyrrole nitrogens is 1. The molecule has 2 N–H and O–H groups in total. The van der Waals surface area contributed by atoms with Crippen molar-refractivity contribution in [1.82, 2.24) is 20.1 Å². The molecule has 9 heteroatoms. The highest BCUT2D eigenvalue weighted by Gasteiger charge is 2.30. The van der Waals surface area contributed by atoms with Crippen LogP contribution in [0.3, 0.4) is 0 Å². The Hall–Kier alpha value is -3.10. The molecule has 160 valence electrons. The van der Waals surface area contributed by atoms with E-state index in [1.165, 1.54) is 12.1 Å². The minimum absolute atomic E-state index is 0.0397. The molecule has 1 amide bonds. The zero-order valence-electron chi connectivity index (χ0n) is 17.1. The monoisotopic (exact) mass is 420 g/mol. The van der Waals surface area contributed by atoms with Crippen LogP contribution < -0.4 is 10.9 Å². The molecule has 1 atom stereocenters. The number of fused-ring (bicyclic) bond motifs is 1. The number of aryl methyl sites for hydroxylation is 3. The molecule has 0 radical (unpaired) electrons. The van der Waals surface area contributed by atoms with Crippen LogP contribution in [0.25, 0.3) is 11.0 Å². The number of amides is 1. The van der Waals surface area contributed by atoms with E-state index in [0.717, 1.165) is 28.8 Å². The maximum absolute atomic E-state index is 12.9. The summed E-state index contributed by atoms with van der Waals surface area (Å²) in [6.45, 7) is 5.29. The van der Waals surface area contributed by atoms with Crippen molar-refractivity contribution < 1.29 is 18.0 Å². The van der Waals surface area contributed by atoms with Crippen LogP contribution in [0, 0.1) is 13.8 Å². The van der Waals surface area contributed by atoms with Gasteiger partial charge >= 0.3 is 6.18 Å². The quantitative estimate of drug-likeness (QED) is 0.661. The number of rotatable bonds is 5. The van der Waals surface area contributed by atoms with Crippen molar-refractivity contribution in [3.8, 4) is 0 Å². The third-order valence-corrected chi connectivity index (χ3v) is 5.25. The van der Waals surface area contributed by atoms with Crippen molar-refractivity contribution in [3.63, 3.8) is 0 Å². The Bertz CT molecular complexity index is 1160. The first-order valence-corrected chi connectivity index (χ1v) is 9.50. The number of hydrogen-bond acceptors (Lipinski definition) is 3. The molecule has 0 aliphatic rings. The fraction of sp³-hybridized carbons (Fsp3) is 0.381. The number of carbonyl (C=O) groups excluding carboxylic acids is 1. The molecule has 3 aromatic rings. The summed E-state index contributed by atoms with van der Waals surface area (Å²) >= 11 is 0. The average Bonchev–Trinajstić information content (AvgIpc) is 2.94. The number of nitrogens with one attached hydrogen (secondary N) is 2. The molecule has 30 heavy (non-hydrogen) atoms. The molecule has 0 bridgehead atoms. The predicted octanol–water partition coefficient (Wildman–Crippen LogP) is 3.71. The molecule has 0 saturated heterocycles. The predicted molar refractivity (Wildman–Crippen MR) is 107 cm³/mol. The van der Waals surface area contributed by atoms with Gasteiger partial charge in [-0.2, -0.15) is 18.3 Å². The summed E-state index contributed by atoms with van der Waals surface area (Å²) in [7, 11) is 1.74. The Morgan fingerprint density at radius 1 is 1.30 bits per heavy atom. The smallest absolute Gasteiger partial charge is 0.350 e. The van der Waals surface area contributed by atoms with Crippen LogP contribution in [-0.2, 0) is 24.4 Å². The fourth-order valence-corrected chi connectivity index (χ4v) is 3.68. The zero-order valence-corrected chi connectivity index (χ0v) is 17.1. The maximum Gasteiger partial charge on any atom is 0.416 e. The first-order chi connectivity index (χ1) is 14.0. The first-order valence-electron chi connectivity index (χ1n) is 9.50. The van der Waals surface area contributed by atoms with E-state index in [2.05, 4.69) is 15.4 Å². The van der Waals surface area contributed by atoms with Gasteiger partial charge in [0.25, 0.3) is 5.56 Å². The molecule has 2 aromatic heterocycles. The molecular formula is C21H23F3N4O2. The van der Waals surface area contributed by atoms with Gasteiger partial charge in [-0.25, -0.2) is 0 Å². The topological polar surface area (TPSA) is 79.8 Å². The number of nitrogens with zero attached hydrogens (tertiary/aromatic N) is 2. The summed E-state index contributed by atoms with van der Waals surface area (Å²) in [5, 5.41) is 7.87. The van der Waals surface area contributed by atoms with Crippen LogP contribution in [0.2, 0.25) is 0 Å². The number of hydrogen-bond donors (Lipinski definition) is 2. The van der Waals surface area contributed by atoms with E-state index >= 15 is 0 Å². The summed E-state index contributed by atoms with van der Waals surface area (Å²) in [6.07, 6.45) is -4.19. The van der Waals surface area contributed by atoms with E-state index in [-0.39, 0.29) is 24.3 Å².